The third-order valence-electron chi connectivity index (χ3n) is 4.35. The molecular formula is C16H17N5O6S3. The number of likely N-dealkylation sites (tertiary alicyclic amines) is 1. The van der Waals surface area contributed by atoms with Crippen molar-refractivity contribution in [1.29, 1.82) is 0 Å². The van der Waals surface area contributed by atoms with Crippen molar-refractivity contribution in [3.63, 3.8) is 0 Å². The van der Waals surface area contributed by atoms with Gasteiger partial charge in [0, 0.05) is 19.0 Å². The first kappa shape index (κ1) is 22.1. The van der Waals surface area contributed by atoms with Crippen LogP contribution in [0.2, 0.25) is 0 Å². The SMILES string of the molecule is CSc1cncc(C(=O)N[C@@H]2C[C@H](C(=O)O)N(C(=O)c3ccsc3S(N)(=O)=O)C2)n1. The predicted molar refractivity (Wildman–Crippen MR) is 108 cm³/mol. The van der Waals surface area contributed by atoms with Crippen LogP contribution in [0, 0.1) is 0 Å². The molecule has 0 saturated carbocycles. The summed E-state index contributed by atoms with van der Waals surface area (Å²) in [6.45, 7) is -0.114. The molecule has 1 saturated heterocycles. The van der Waals surface area contributed by atoms with E-state index in [1.807, 2.05) is 0 Å². The number of aromatic nitrogens is 2. The monoisotopic (exact) mass is 471 g/mol. The minimum absolute atomic E-state index is 0.0443. The molecule has 14 heteroatoms. The van der Waals surface area contributed by atoms with Crippen LogP contribution in [0.1, 0.15) is 27.3 Å². The molecule has 11 nitrogen and oxygen atoms in total. The topological polar surface area (TPSA) is 173 Å². The number of sulfonamides is 1. The second-order valence-corrected chi connectivity index (χ2v) is 9.83. The Hall–Kier alpha value is -2.55. The molecule has 3 rings (SSSR count). The lowest BCUT2D eigenvalue weighted by molar-refractivity contribution is -0.141. The summed E-state index contributed by atoms with van der Waals surface area (Å²) in [5.74, 6) is -2.60. The molecular weight excluding hydrogens is 454 g/mol. The Balaban J connectivity index is 1.80. The van der Waals surface area contributed by atoms with E-state index in [0.29, 0.717) is 5.03 Å². The fraction of sp³-hybridized carbons (Fsp3) is 0.312. The first-order valence-corrected chi connectivity index (χ1v) is 12.1. The molecule has 1 fully saturated rings. The molecule has 2 amide bonds. The van der Waals surface area contributed by atoms with Crippen molar-refractivity contribution >= 4 is 50.9 Å². The number of nitrogens with one attached hydrogen (secondary N) is 1. The summed E-state index contributed by atoms with van der Waals surface area (Å²) in [6, 6.07) is -0.625. The standard InChI is InChI=1S/C16H17N5O6S3/c1-28-12-6-18-5-10(20-12)13(22)19-8-4-11(15(24)25)21(7-8)14(23)9-2-3-29-16(9)30(17,26)27/h2-3,5-6,8,11H,4,7H2,1H3,(H,19,22)(H,24,25)(H2,17,26,27)/t8-,11-/m1/s1. The van der Waals surface area contributed by atoms with E-state index in [9.17, 15) is 27.9 Å². The summed E-state index contributed by atoms with van der Waals surface area (Å²) >= 11 is 2.08. The molecule has 160 valence electrons. The number of carboxylic acids is 1. The summed E-state index contributed by atoms with van der Waals surface area (Å²) in [7, 11) is -4.14. The van der Waals surface area contributed by atoms with Crippen molar-refractivity contribution in [2.45, 2.75) is 27.7 Å². The minimum Gasteiger partial charge on any atom is -0.480 e. The molecule has 1 aliphatic rings. The number of carbonyl (C=O) groups excluding carboxylic acids is 2. The third-order valence-corrected chi connectivity index (χ3v) is 7.40. The highest BCUT2D eigenvalue weighted by Gasteiger charge is 2.42. The predicted octanol–water partition coefficient (Wildman–Crippen LogP) is 0.00510. The van der Waals surface area contributed by atoms with Gasteiger partial charge in [-0.3, -0.25) is 14.6 Å². The summed E-state index contributed by atoms with van der Waals surface area (Å²) < 4.78 is 23.1. The van der Waals surface area contributed by atoms with Crippen LogP contribution in [0.15, 0.2) is 33.1 Å². The zero-order valence-corrected chi connectivity index (χ0v) is 18.0. The van der Waals surface area contributed by atoms with E-state index in [0.717, 1.165) is 16.2 Å². The summed E-state index contributed by atoms with van der Waals surface area (Å²) in [6.07, 6.45) is 4.52. The number of hydrogen-bond donors (Lipinski definition) is 3. The third kappa shape index (κ3) is 4.61. The molecule has 0 spiro atoms. The maximum absolute atomic E-state index is 12.9. The van der Waals surface area contributed by atoms with Crippen LogP contribution >= 0.6 is 23.1 Å². The molecule has 2 atom stereocenters. The summed E-state index contributed by atoms with van der Waals surface area (Å²) in [5.41, 5.74) is -0.132. The minimum atomic E-state index is -4.14. The van der Waals surface area contributed by atoms with Crippen molar-refractivity contribution in [1.82, 2.24) is 20.2 Å². The zero-order chi connectivity index (χ0) is 22.1. The van der Waals surface area contributed by atoms with Crippen LogP contribution < -0.4 is 10.5 Å². The number of thiophene rings is 1. The normalized spacial score (nSPS) is 18.9. The Morgan fingerprint density at radius 3 is 2.73 bits per heavy atom. The number of primary sulfonamides is 1. The fourth-order valence-corrected chi connectivity index (χ4v) is 5.17. The van der Waals surface area contributed by atoms with Crippen LogP contribution in [0.3, 0.4) is 0 Å². The van der Waals surface area contributed by atoms with Gasteiger partial charge in [-0.05, 0) is 17.7 Å². The van der Waals surface area contributed by atoms with Crippen molar-refractivity contribution in [3.8, 4) is 0 Å². The van der Waals surface area contributed by atoms with Gasteiger partial charge in [-0.1, -0.05) is 0 Å². The molecule has 1 aliphatic heterocycles. The van der Waals surface area contributed by atoms with Gasteiger partial charge >= 0.3 is 5.97 Å². The van der Waals surface area contributed by atoms with Crippen LogP contribution in [0.4, 0.5) is 0 Å². The number of rotatable bonds is 6. The molecule has 2 aromatic heterocycles. The van der Waals surface area contributed by atoms with Gasteiger partial charge in [0.25, 0.3) is 11.8 Å². The molecule has 3 heterocycles. The highest BCUT2D eigenvalue weighted by Crippen LogP contribution is 2.27. The van der Waals surface area contributed by atoms with Crippen molar-refractivity contribution in [2.75, 3.05) is 12.8 Å². The Labute approximate surface area is 179 Å². The summed E-state index contributed by atoms with van der Waals surface area (Å²) in [4.78, 5) is 46.1. The molecule has 30 heavy (non-hydrogen) atoms. The Kier molecular flexibility index (Phi) is 6.40. The van der Waals surface area contributed by atoms with Gasteiger partial charge in [-0.2, -0.15) is 0 Å². The highest BCUT2D eigenvalue weighted by molar-refractivity contribution is 7.98. The molecule has 0 radical (unpaired) electrons. The number of nitrogens with zero attached hydrogens (tertiary/aromatic N) is 3. The molecule has 0 aromatic carbocycles. The average Bonchev–Trinajstić information content (AvgIpc) is 3.34. The van der Waals surface area contributed by atoms with Crippen molar-refractivity contribution in [2.24, 2.45) is 5.14 Å². The summed E-state index contributed by atoms with van der Waals surface area (Å²) in [5, 5.41) is 19.2. The lowest BCUT2D eigenvalue weighted by atomic mass is 10.1. The van der Waals surface area contributed by atoms with E-state index < -0.39 is 39.9 Å². The number of nitrogens with two attached hydrogens (primary N) is 1. The highest BCUT2D eigenvalue weighted by atomic mass is 32.2. The lowest BCUT2D eigenvalue weighted by Gasteiger charge is -2.21. The Morgan fingerprint density at radius 1 is 1.37 bits per heavy atom. The number of carbonyl (C=O) groups is 3. The van der Waals surface area contributed by atoms with E-state index in [1.54, 1.807) is 6.26 Å². The van der Waals surface area contributed by atoms with Crippen molar-refractivity contribution in [3.05, 3.63) is 35.1 Å². The van der Waals surface area contributed by atoms with E-state index in [4.69, 9.17) is 5.14 Å². The largest absolute Gasteiger partial charge is 0.480 e. The first-order chi connectivity index (χ1) is 14.1. The van der Waals surface area contributed by atoms with Gasteiger partial charge in [0.15, 0.2) is 0 Å². The van der Waals surface area contributed by atoms with Gasteiger partial charge in [0.1, 0.15) is 21.0 Å². The van der Waals surface area contributed by atoms with Crippen LogP contribution in [0.25, 0.3) is 0 Å². The number of carboxylic acid groups (broad SMARTS) is 1. The Bertz CT molecular complexity index is 1100. The van der Waals surface area contributed by atoms with E-state index in [1.165, 1.54) is 35.6 Å². The lowest BCUT2D eigenvalue weighted by Crippen LogP contribution is -2.42. The smallest absolute Gasteiger partial charge is 0.326 e. The van der Waals surface area contributed by atoms with Gasteiger partial charge in [-0.15, -0.1) is 23.1 Å². The average molecular weight is 472 g/mol. The van der Waals surface area contributed by atoms with Crippen molar-refractivity contribution < 1.29 is 27.9 Å². The number of aliphatic carboxylic acids is 1. The molecule has 4 N–H and O–H groups in total. The molecule has 0 bridgehead atoms. The zero-order valence-electron chi connectivity index (χ0n) is 15.5. The molecule has 2 aromatic rings. The van der Waals surface area contributed by atoms with Crippen LogP contribution in [0.5, 0.6) is 0 Å². The second-order valence-electron chi connectivity index (χ2n) is 6.33. The number of amides is 2. The quantitative estimate of drug-likeness (QED) is 0.490. The molecule has 0 unspecified atom stereocenters. The second kappa shape index (κ2) is 8.67. The van der Waals surface area contributed by atoms with Gasteiger partial charge < -0.3 is 15.3 Å². The number of thioether (sulfide) groups is 1. The van der Waals surface area contributed by atoms with Crippen LogP contribution in [-0.4, -0.2) is 71.1 Å². The number of hydrogen-bond acceptors (Lipinski definition) is 9. The van der Waals surface area contributed by atoms with Gasteiger partial charge in [-0.25, -0.2) is 23.3 Å². The maximum Gasteiger partial charge on any atom is 0.326 e. The van der Waals surface area contributed by atoms with E-state index in [-0.39, 0.29) is 28.4 Å². The van der Waals surface area contributed by atoms with E-state index >= 15 is 0 Å². The van der Waals surface area contributed by atoms with E-state index in [2.05, 4.69) is 15.3 Å². The fourth-order valence-electron chi connectivity index (χ4n) is 3.04. The Morgan fingerprint density at radius 2 is 2.10 bits per heavy atom. The molecule has 0 aliphatic carbocycles. The first-order valence-electron chi connectivity index (χ1n) is 8.42. The van der Waals surface area contributed by atoms with Crippen LogP contribution in [-0.2, 0) is 14.8 Å². The van der Waals surface area contributed by atoms with Gasteiger partial charge in [0.05, 0.1) is 18.0 Å². The maximum atomic E-state index is 12.9. The van der Waals surface area contributed by atoms with Gasteiger partial charge in [0.2, 0.25) is 10.0 Å².